The first-order valence-corrected chi connectivity index (χ1v) is 23.7. The number of carbonyl (C=O) groups is 4. The van der Waals surface area contributed by atoms with E-state index in [1.54, 1.807) is 39.0 Å². The number of phenols is 2. The molecule has 5 aliphatic rings. The van der Waals surface area contributed by atoms with E-state index in [1.807, 2.05) is 30.3 Å². The zero-order valence-electron chi connectivity index (χ0n) is 39.8. The maximum atomic E-state index is 14.7. The first-order chi connectivity index (χ1) is 32.4. The molecule has 5 aliphatic heterocycles. The van der Waals surface area contributed by atoms with Gasteiger partial charge in [0.05, 0.1) is 35.1 Å². The Balaban J connectivity index is 1.18. The number of allylic oxidation sites excluding steroid dienone is 3. The monoisotopic (exact) mass is 935 g/mol. The number of hydrogen-bond acceptors (Lipinski definition) is 14. The van der Waals surface area contributed by atoms with E-state index in [-0.39, 0.29) is 101 Å². The number of esters is 1. The number of aliphatic hydroxyl groups is 2. The number of rotatable bonds is 9. The predicted octanol–water partition coefficient (Wildman–Crippen LogP) is 5.85. The summed E-state index contributed by atoms with van der Waals surface area (Å²) in [6, 6.07) is 9.49. The van der Waals surface area contributed by atoms with Gasteiger partial charge in [-0.25, -0.2) is 4.99 Å². The molecule has 1 saturated heterocycles. The van der Waals surface area contributed by atoms with Crippen LogP contribution in [-0.2, 0) is 30.4 Å². The van der Waals surface area contributed by atoms with E-state index in [1.165, 1.54) is 19.3 Å². The van der Waals surface area contributed by atoms with Crippen LogP contribution in [0.2, 0.25) is 0 Å². The van der Waals surface area contributed by atoms with Crippen molar-refractivity contribution in [3.05, 3.63) is 93.9 Å². The number of aromatic hydroxyl groups is 2. The summed E-state index contributed by atoms with van der Waals surface area (Å²) in [6.07, 6.45) is 6.99. The second-order valence-corrected chi connectivity index (χ2v) is 19.2. The Bertz CT molecular complexity index is 2640. The normalized spacial score (nSPS) is 25.9. The Labute approximate surface area is 396 Å². The highest BCUT2D eigenvalue weighted by atomic mass is 16.7. The second-order valence-electron chi connectivity index (χ2n) is 19.2. The van der Waals surface area contributed by atoms with Crippen LogP contribution in [-0.4, -0.2) is 98.3 Å². The molecule has 8 rings (SSSR count). The molecule has 3 unspecified atom stereocenters. The number of aliphatic hydroxyl groups excluding tert-OH is 2. The van der Waals surface area contributed by atoms with Gasteiger partial charge < -0.3 is 50.2 Å². The molecule has 1 spiro atoms. The van der Waals surface area contributed by atoms with Gasteiger partial charge in [0.15, 0.2) is 5.75 Å². The molecule has 5 atom stereocenters. The van der Waals surface area contributed by atoms with Crippen LogP contribution in [0.4, 0.5) is 5.69 Å². The number of nitrogens with zero attached hydrogens (tertiary/aromatic N) is 3. The van der Waals surface area contributed by atoms with E-state index in [2.05, 4.69) is 34.4 Å². The summed E-state index contributed by atoms with van der Waals surface area (Å²) in [4.78, 5) is 66.0. The quantitative estimate of drug-likeness (QED) is 0.109. The fourth-order valence-electron chi connectivity index (χ4n) is 9.28. The maximum Gasteiger partial charge on any atom is 0.312 e. The molecule has 5 bridgehead atoms. The smallest absolute Gasteiger partial charge is 0.312 e. The number of carbonyl (C=O) groups excluding carboxylic acids is 4. The predicted molar refractivity (Wildman–Crippen MR) is 254 cm³/mol. The fraction of sp³-hybridized carbons (Fsp3) is 0.500. The number of likely N-dealkylation sites (tertiary alicyclic amines) is 1. The third kappa shape index (κ3) is 11.1. The Hall–Kier alpha value is -6.10. The van der Waals surface area contributed by atoms with Gasteiger partial charge in [-0.1, -0.05) is 69.3 Å². The molecule has 0 radical (unpaired) electrons. The van der Waals surface area contributed by atoms with E-state index in [4.69, 9.17) is 19.2 Å². The van der Waals surface area contributed by atoms with Crippen molar-refractivity contribution in [2.45, 2.75) is 136 Å². The average Bonchev–Trinajstić information content (AvgIpc) is 3.79. The van der Waals surface area contributed by atoms with Crippen molar-refractivity contribution in [3.8, 4) is 17.2 Å². The largest absolute Gasteiger partial charge is 0.507 e. The molecule has 364 valence electrons. The lowest BCUT2D eigenvalue weighted by Gasteiger charge is -2.38. The molecule has 5 heterocycles. The number of fused-ring (bicyclic) bond motifs is 13. The van der Waals surface area contributed by atoms with Gasteiger partial charge in [0.1, 0.15) is 34.0 Å². The Kier molecular flexibility index (Phi) is 15.4. The lowest BCUT2D eigenvalue weighted by molar-refractivity contribution is -0.151. The van der Waals surface area contributed by atoms with Crippen molar-refractivity contribution in [1.82, 2.24) is 10.2 Å². The minimum atomic E-state index is -1.91. The zero-order chi connectivity index (χ0) is 48.9. The highest BCUT2D eigenvalue weighted by Gasteiger charge is 2.50. The van der Waals surface area contributed by atoms with Crippen molar-refractivity contribution in [2.75, 3.05) is 25.0 Å². The third-order valence-corrected chi connectivity index (χ3v) is 13.2. The van der Waals surface area contributed by atoms with E-state index in [9.17, 15) is 39.6 Å². The molecule has 16 heteroatoms. The van der Waals surface area contributed by atoms with Crippen LogP contribution in [0.15, 0.2) is 76.5 Å². The summed E-state index contributed by atoms with van der Waals surface area (Å²) in [5.74, 6) is -4.74. The Morgan fingerprint density at radius 2 is 1.75 bits per heavy atom. The summed E-state index contributed by atoms with van der Waals surface area (Å²) >= 11 is 0. The fourth-order valence-corrected chi connectivity index (χ4v) is 9.28. The van der Waals surface area contributed by atoms with Crippen LogP contribution in [0.3, 0.4) is 0 Å². The summed E-state index contributed by atoms with van der Waals surface area (Å²) in [7, 11) is 0. The number of anilines is 1. The molecule has 3 aromatic rings. The molecular formula is C52H65N5O11. The first kappa shape index (κ1) is 49.8. The molecule has 2 amide bonds. The molecule has 16 nitrogen and oxygen atoms in total. The number of amides is 2. The van der Waals surface area contributed by atoms with Gasteiger partial charge in [-0.3, -0.25) is 24.2 Å². The molecule has 0 aromatic heterocycles. The lowest BCUT2D eigenvalue weighted by Crippen LogP contribution is -2.47. The molecule has 0 saturated carbocycles. The van der Waals surface area contributed by atoms with Gasteiger partial charge in [-0.05, 0) is 57.1 Å². The number of ketones is 1. The number of phenolic OH excluding ortho intramolecular Hbond substituents is 2. The number of hydrogen-bond donors (Lipinski definition) is 6. The number of nitrogens with one attached hydrogen (secondary N) is 2. The minimum absolute atomic E-state index is 0.0152. The zero-order valence-corrected chi connectivity index (χ0v) is 39.8. The lowest BCUT2D eigenvalue weighted by atomic mass is 9.92. The summed E-state index contributed by atoms with van der Waals surface area (Å²) in [5.41, 5.74) is 0.863. The van der Waals surface area contributed by atoms with Crippen LogP contribution in [0.25, 0.3) is 10.8 Å². The van der Waals surface area contributed by atoms with Gasteiger partial charge in [0.25, 0.3) is 11.7 Å². The highest BCUT2D eigenvalue weighted by Crippen LogP contribution is 2.51. The van der Waals surface area contributed by atoms with E-state index in [0.717, 1.165) is 25.2 Å². The second kappa shape index (κ2) is 21.0. The molecule has 6 N–H and O–H groups in total. The van der Waals surface area contributed by atoms with Crippen molar-refractivity contribution >= 4 is 40.0 Å². The van der Waals surface area contributed by atoms with Gasteiger partial charge in [-0.15, -0.1) is 0 Å². The van der Waals surface area contributed by atoms with E-state index >= 15 is 0 Å². The van der Waals surface area contributed by atoms with Crippen LogP contribution >= 0.6 is 0 Å². The molecule has 0 aliphatic carbocycles. The topological polar surface area (TPSA) is 229 Å². The van der Waals surface area contributed by atoms with Crippen LogP contribution in [0.1, 0.15) is 114 Å². The van der Waals surface area contributed by atoms with Gasteiger partial charge in [0.2, 0.25) is 5.91 Å². The minimum Gasteiger partial charge on any atom is -0.507 e. The third-order valence-electron chi connectivity index (χ3n) is 13.2. The first-order valence-electron chi connectivity index (χ1n) is 23.7. The van der Waals surface area contributed by atoms with Gasteiger partial charge in [0, 0.05) is 87.6 Å². The summed E-state index contributed by atoms with van der Waals surface area (Å²) in [6.45, 7) is 13.4. The van der Waals surface area contributed by atoms with Gasteiger partial charge in [-0.2, -0.15) is 0 Å². The number of piperidine rings is 1. The molecule has 3 aromatic carbocycles. The van der Waals surface area contributed by atoms with Crippen LogP contribution in [0, 0.1) is 18.8 Å². The Morgan fingerprint density at radius 3 is 2.47 bits per heavy atom. The van der Waals surface area contributed by atoms with E-state index < -0.39 is 59.1 Å². The number of ether oxygens (including phenoxy) is 3. The van der Waals surface area contributed by atoms with Gasteiger partial charge >= 0.3 is 11.8 Å². The highest BCUT2D eigenvalue weighted by molar-refractivity contribution is 6.21. The summed E-state index contributed by atoms with van der Waals surface area (Å²) < 4.78 is 18.2. The van der Waals surface area contributed by atoms with Crippen molar-refractivity contribution in [1.29, 1.82) is 0 Å². The van der Waals surface area contributed by atoms with Crippen LogP contribution < -0.4 is 26.1 Å². The average molecular weight is 936 g/mol. The Morgan fingerprint density at radius 1 is 1.01 bits per heavy atom. The van der Waals surface area contributed by atoms with E-state index in [0.29, 0.717) is 31.0 Å². The number of Topliss-reactive ketones (excluding diaryl/α,β-unsaturated/α-hetero) is 1. The van der Waals surface area contributed by atoms with Crippen molar-refractivity contribution < 1.29 is 53.8 Å². The standard InChI is InChI=1S/C52H65N5O11/c1-30(2)29-57-23-21-52(22-24-57)55-43-40-41-46(62)33(5)48-42(40)49(64)51(6,68-48)66-25-11-10-18-36(67-39(61)20-13-19-38(60)53-28-34-16-8-7-9-17-34)26-35(58)27-37(59)31(3)14-12-15-32(4)50(65)54-45(47(41)63)44(43)56-52/h7-9,11-12,14-17,25,30-31,35-37,55,58-59,62-63H,10,13,18-24,26-29H2,1-6H3,(H,53,60)/b14-12+,25-11+,32-15-,54-45?/t31?,35?,36-,37-,51?/m1/s1. The SMILES string of the molecule is C/C1=C/C=C/C(C)[C@H](O)CC(O)C[C@H](OC(=O)CCCC(=O)NCc2ccccc2)CC/C=C/OC2(C)Oc3c(C)c(O)c4c(O)c(c5c(c4c3C2=O)NC2(CCN(CC(C)C)CC2)N=5)=NC1=O. The van der Waals surface area contributed by atoms with Crippen LogP contribution in [0.5, 0.6) is 17.2 Å². The van der Waals surface area contributed by atoms with Crippen molar-refractivity contribution in [3.63, 3.8) is 0 Å². The molecule has 1 fully saturated rings. The molecular weight excluding hydrogens is 871 g/mol. The number of benzene rings is 3. The van der Waals surface area contributed by atoms with Crippen molar-refractivity contribution in [2.24, 2.45) is 21.8 Å². The molecule has 68 heavy (non-hydrogen) atoms. The maximum absolute atomic E-state index is 14.7. The summed E-state index contributed by atoms with van der Waals surface area (Å²) in [5, 5.41) is 52.7.